The number of ketones is 1. The molecular weight excluding hydrogens is 452 g/mol. The highest BCUT2D eigenvalue weighted by atomic mass is 16.5. The van der Waals surface area contributed by atoms with E-state index >= 15 is 0 Å². The number of aromatic nitrogens is 3. The molecule has 0 unspecified atom stereocenters. The van der Waals surface area contributed by atoms with Crippen LogP contribution in [0.3, 0.4) is 0 Å². The van der Waals surface area contributed by atoms with Crippen molar-refractivity contribution in [2.75, 3.05) is 6.61 Å². The molecule has 7 heteroatoms. The Morgan fingerprint density at radius 1 is 1.08 bits per heavy atom. The number of ether oxygens (including phenoxy) is 1. The van der Waals surface area contributed by atoms with E-state index in [1.165, 1.54) is 11.6 Å². The summed E-state index contributed by atoms with van der Waals surface area (Å²) >= 11 is 0. The van der Waals surface area contributed by atoms with Crippen molar-refractivity contribution < 1.29 is 14.3 Å². The molecule has 4 aromatic rings. The maximum Gasteiger partial charge on any atom is 0.331 e. The highest BCUT2D eigenvalue weighted by Gasteiger charge is 2.16. The zero-order valence-electron chi connectivity index (χ0n) is 20.7. The summed E-state index contributed by atoms with van der Waals surface area (Å²) in [6.07, 6.45) is 5.08. The van der Waals surface area contributed by atoms with Gasteiger partial charge in [0.25, 0.3) is 0 Å². The summed E-state index contributed by atoms with van der Waals surface area (Å²) in [6, 6.07) is 17.9. The normalized spacial score (nSPS) is 11.2. The molecule has 4 rings (SSSR count). The predicted molar refractivity (Wildman–Crippen MR) is 138 cm³/mol. The first-order chi connectivity index (χ1) is 17.4. The van der Waals surface area contributed by atoms with Gasteiger partial charge in [0, 0.05) is 46.5 Å². The predicted octanol–water partition coefficient (Wildman–Crippen LogP) is 5.16. The van der Waals surface area contributed by atoms with Crippen molar-refractivity contribution in [1.82, 2.24) is 14.3 Å². The van der Waals surface area contributed by atoms with E-state index in [4.69, 9.17) is 10.00 Å². The Kier molecular flexibility index (Phi) is 7.45. The smallest absolute Gasteiger partial charge is 0.331 e. The van der Waals surface area contributed by atoms with Crippen molar-refractivity contribution in [2.45, 2.75) is 40.3 Å². The minimum atomic E-state index is -0.596. The van der Waals surface area contributed by atoms with Crippen LogP contribution in [0.15, 0.2) is 60.8 Å². The lowest BCUT2D eigenvalue weighted by Gasteiger charge is -2.05. The number of aryl methyl sites for hydroxylation is 3. The van der Waals surface area contributed by atoms with Gasteiger partial charge in [-0.2, -0.15) is 10.4 Å². The number of carbonyl (C=O) groups excluding carboxylic acids is 2. The number of carbonyl (C=O) groups is 2. The molecule has 0 N–H and O–H groups in total. The van der Waals surface area contributed by atoms with E-state index in [0.29, 0.717) is 25.1 Å². The summed E-state index contributed by atoms with van der Waals surface area (Å²) in [5, 5.41) is 14.3. The van der Waals surface area contributed by atoms with Gasteiger partial charge in [-0.05, 0) is 38.5 Å². The molecule has 2 aromatic heterocycles. The third kappa shape index (κ3) is 5.44. The van der Waals surface area contributed by atoms with Gasteiger partial charge in [-0.15, -0.1) is 0 Å². The second kappa shape index (κ2) is 10.9. The number of hydrogen-bond acceptors (Lipinski definition) is 5. The highest BCUT2D eigenvalue weighted by molar-refractivity contribution is 6.09. The van der Waals surface area contributed by atoms with E-state index < -0.39 is 5.97 Å². The Balaban J connectivity index is 1.41. The van der Waals surface area contributed by atoms with Crippen LogP contribution < -0.4 is 0 Å². The first kappa shape index (κ1) is 24.7. The summed E-state index contributed by atoms with van der Waals surface area (Å²) in [6.45, 7) is 6.68. The number of esters is 1. The number of fused-ring (bicyclic) bond motifs is 1. The van der Waals surface area contributed by atoms with Crippen molar-refractivity contribution in [2.24, 2.45) is 0 Å². The van der Waals surface area contributed by atoms with Gasteiger partial charge in [0.2, 0.25) is 5.78 Å². The molecule has 0 aliphatic heterocycles. The number of rotatable bonds is 9. The SMILES string of the molecule is Cc1ccc(Cn2nc(C)c(/C=C/C(=O)OCC(=O)c3cn(CCC#N)c4ccccc34)c2C)cc1. The molecule has 7 nitrogen and oxygen atoms in total. The molecule has 0 atom stereocenters. The fourth-order valence-corrected chi connectivity index (χ4v) is 4.21. The first-order valence-electron chi connectivity index (χ1n) is 11.8. The monoisotopic (exact) mass is 480 g/mol. The number of para-hydroxylation sites is 1. The van der Waals surface area contributed by atoms with Gasteiger partial charge in [-0.1, -0.05) is 48.0 Å². The molecule has 0 saturated carbocycles. The standard InChI is InChI=1S/C29H28N4O3/c1-20-9-11-23(12-10-20)17-33-22(3)24(21(2)31-33)13-14-29(35)36-19-28(34)26-18-32(16-6-15-30)27-8-5-4-7-25(26)27/h4-5,7-14,18H,6,16-17,19H2,1-3H3/b14-13+. The molecule has 0 aliphatic rings. The van der Waals surface area contributed by atoms with E-state index in [1.807, 2.05) is 47.4 Å². The Labute approximate surface area is 210 Å². The average molecular weight is 481 g/mol. The number of nitrogens with zero attached hydrogens (tertiary/aromatic N) is 4. The summed E-state index contributed by atoms with van der Waals surface area (Å²) in [4.78, 5) is 25.2. The molecule has 0 bridgehead atoms. The van der Waals surface area contributed by atoms with E-state index in [2.05, 4.69) is 42.4 Å². The van der Waals surface area contributed by atoms with Crippen LogP contribution in [-0.4, -0.2) is 32.7 Å². The average Bonchev–Trinajstić information content (AvgIpc) is 3.38. The van der Waals surface area contributed by atoms with E-state index in [1.54, 1.807) is 12.3 Å². The Bertz CT molecular complexity index is 1480. The fourth-order valence-electron chi connectivity index (χ4n) is 4.21. The molecule has 0 fully saturated rings. The first-order valence-corrected chi connectivity index (χ1v) is 11.8. The molecule has 0 spiro atoms. The van der Waals surface area contributed by atoms with Crippen molar-refractivity contribution in [3.8, 4) is 6.07 Å². The molecule has 36 heavy (non-hydrogen) atoms. The molecule has 0 saturated heterocycles. The Hall–Kier alpha value is -4.44. The lowest BCUT2D eigenvalue weighted by atomic mass is 10.1. The van der Waals surface area contributed by atoms with Crippen LogP contribution in [0.2, 0.25) is 0 Å². The second-order valence-electron chi connectivity index (χ2n) is 8.75. The van der Waals surface area contributed by atoms with Crippen LogP contribution in [0.5, 0.6) is 0 Å². The zero-order chi connectivity index (χ0) is 25.7. The number of benzene rings is 2. The van der Waals surface area contributed by atoms with Crippen LogP contribution in [-0.2, 0) is 22.6 Å². The summed E-state index contributed by atoms with van der Waals surface area (Å²) in [5.74, 6) is -0.886. The molecule has 0 radical (unpaired) electrons. The quantitative estimate of drug-likeness (QED) is 0.187. The molecule has 182 valence electrons. The van der Waals surface area contributed by atoms with Crippen molar-refractivity contribution in [1.29, 1.82) is 5.26 Å². The van der Waals surface area contributed by atoms with Gasteiger partial charge < -0.3 is 9.30 Å². The third-order valence-electron chi connectivity index (χ3n) is 6.18. The van der Waals surface area contributed by atoms with Gasteiger partial charge in [0.05, 0.1) is 24.7 Å². The van der Waals surface area contributed by atoms with Gasteiger partial charge in [0.1, 0.15) is 0 Å². The Morgan fingerprint density at radius 3 is 2.58 bits per heavy atom. The van der Waals surface area contributed by atoms with Gasteiger partial charge >= 0.3 is 5.97 Å². The van der Waals surface area contributed by atoms with Crippen molar-refractivity contribution >= 4 is 28.7 Å². The fraction of sp³-hybridized carbons (Fsp3) is 0.241. The highest BCUT2D eigenvalue weighted by Crippen LogP contribution is 2.22. The maximum atomic E-state index is 12.8. The number of Topliss-reactive ketones (excluding diaryl/α,β-unsaturated/α-hetero) is 1. The molecule has 0 amide bonds. The van der Waals surface area contributed by atoms with Gasteiger partial charge in [-0.25, -0.2) is 4.79 Å². The minimum absolute atomic E-state index is 0.290. The van der Waals surface area contributed by atoms with Crippen molar-refractivity contribution in [3.05, 3.63) is 94.4 Å². The van der Waals surface area contributed by atoms with Gasteiger partial charge in [0.15, 0.2) is 6.61 Å². The lowest BCUT2D eigenvalue weighted by molar-refractivity contribution is -0.136. The van der Waals surface area contributed by atoms with Crippen LogP contribution >= 0.6 is 0 Å². The zero-order valence-corrected chi connectivity index (χ0v) is 20.7. The Morgan fingerprint density at radius 2 is 1.83 bits per heavy atom. The van der Waals surface area contributed by atoms with Crippen LogP contribution in [0.4, 0.5) is 0 Å². The largest absolute Gasteiger partial charge is 0.454 e. The molecule has 2 aromatic carbocycles. The molecule has 0 aliphatic carbocycles. The van der Waals surface area contributed by atoms with Crippen LogP contribution in [0.1, 0.15) is 44.9 Å². The maximum absolute atomic E-state index is 12.8. The third-order valence-corrected chi connectivity index (χ3v) is 6.18. The molecular formula is C29H28N4O3. The summed E-state index contributed by atoms with van der Waals surface area (Å²) < 4.78 is 9.04. The van der Waals surface area contributed by atoms with Crippen molar-refractivity contribution in [3.63, 3.8) is 0 Å². The summed E-state index contributed by atoms with van der Waals surface area (Å²) in [5.41, 5.74) is 6.31. The number of nitriles is 1. The molecule has 2 heterocycles. The second-order valence-corrected chi connectivity index (χ2v) is 8.75. The van der Waals surface area contributed by atoms with Crippen LogP contribution in [0, 0.1) is 32.1 Å². The van der Waals surface area contributed by atoms with Crippen LogP contribution in [0.25, 0.3) is 17.0 Å². The van der Waals surface area contributed by atoms with E-state index in [9.17, 15) is 9.59 Å². The number of hydrogen-bond donors (Lipinski definition) is 0. The van der Waals surface area contributed by atoms with Gasteiger partial charge in [-0.3, -0.25) is 9.48 Å². The minimum Gasteiger partial charge on any atom is -0.454 e. The van der Waals surface area contributed by atoms with E-state index in [-0.39, 0.29) is 12.4 Å². The summed E-state index contributed by atoms with van der Waals surface area (Å²) in [7, 11) is 0. The lowest BCUT2D eigenvalue weighted by Crippen LogP contribution is -2.12. The topological polar surface area (TPSA) is 89.9 Å². The van der Waals surface area contributed by atoms with E-state index in [0.717, 1.165) is 33.4 Å².